The Balaban J connectivity index is 1.70. The second kappa shape index (κ2) is 6.86. The molecule has 3 heterocycles. The van der Waals surface area contributed by atoms with E-state index in [0.717, 1.165) is 28.6 Å². The summed E-state index contributed by atoms with van der Waals surface area (Å²) in [6.45, 7) is 4.61. The number of hydrogen-bond acceptors (Lipinski definition) is 6. The molecular formula is C19H19F3N4O3S. The molecule has 4 rings (SSSR count). The molecule has 1 aromatic heterocycles. The fraction of sp³-hybridized carbons (Fsp3) is 0.368. The Hall–Kier alpha value is -2.82. The average Bonchev–Trinajstić information content (AvgIpc) is 3.06. The van der Waals surface area contributed by atoms with Crippen LogP contribution in [-0.2, 0) is 16.2 Å². The van der Waals surface area contributed by atoms with E-state index in [4.69, 9.17) is 4.74 Å². The Morgan fingerprint density at radius 3 is 2.50 bits per heavy atom. The zero-order chi connectivity index (χ0) is 21.7. The summed E-state index contributed by atoms with van der Waals surface area (Å²) >= 11 is 0. The third-order valence-electron chi connectivity index (χ3n) is 4.77. The number of pyridine rings is 1. The molecule has 1 N–H and O–H groups in total. The van der Waals surface area contributed by atoms with Crippen molar-refractivity contribution < 1.29 is 26.3 Å². The molecule has 0 amide bonds. The van der Waals surface area contributed by atoms with Crippen LogP contribution in [-0.4, -0.2) is 44.5 Å². The van der Waals surface area contributed by atoms with Crippen LogP contribution < -0.4 is 14.4 Å². The van der Waals surface area contributed by atoms with Gasteiger partial charge in [0.2, 0.25) is 5.88 Å². The normalized spacial score (nSPS) is 18.3. The van der Waals surface area contributed by atoms with Crippen LogP contribution in [0.4, 0.5) is 18.9 Å². The van der Waals surface area contributed by atoms with Crippen LogP contribution in [0, 0.1) is 0 Å². The van der Waals surface area contributed by atoms with Crippen LogP contribution in [0.2, 0.25) is 0 Å². The van der Waals surface area contributed by atoms with E-state index >= 15 is 0 Å². The van der Waals surface area contributed by atoms with Crippen LogP contribution in [0.1, 0.15) is 25.0 Å². The zero-order valence-corrected chi connectivity index (χ0v) is 17.0. The van der Waals surface area contributed by atoms with E-state index < -0.39 is 21.8 Å². The van der Waals surface area contributed by atoms with Gasteiger partial charge in [0.15, 0.2) is 0 Å². The first-order valence-corrected chi connectivity index (χ1v) is 10.6. The summed E-state index contributed by atoms with van der Waals surface area (Å²) in [5, 5.41) is 3.25. The summed E-state index contributed by atoms with van der Waals surface area (Å²) in [6.07, 6.45) is -3.00. The van der Waals surface area contributed by atoms with E-state index in [9.17, 15) is 21.6 Å². The number of amidine groups is 1. The molecule has 7 nitrogen and oxygen atoms in total. The number of hydrogen-bond donors (Lipinski definition) is 1. The van der Waals surface area contributed by atoms with Gasteiger partial charge in [0.1, 0.15) is 18.1 Å². The van der Waals surface area contributed by atoms with E-state index in [1.807, 2.05) is 13.8 Å². The number of sulfonamides is 1. The van der Waals surface area contributed by atoms with Gasteiger partial charge in [-0.2, -0.15) is 13.2 Å². The number of aliphatic imine (C=N–C) groups is 1. The van der Waals surface area contributed by atoms with Gasteiger partial charge in [-0.1, -0.05) is 0 Å². The van der Waals surface area contributed by atoms with Gasteiger partial charge >= 0.3 is 6.18 Å². The highest BCUT2D eigenvalue weighted by molar-refractivity contribution is 7.92. The predicted molar refractivity (Wildman–Crippen MR) is 104 cm³/mol. The van der Waals surface area contributed by atoms with Gasteiger partial charge in [0, 0.05) is 11.8 Å². The molecule has 1 aromatic carbocycles. The zero-order valence-electron chi connectivity index (χ0n) is 16.2. The van der Waals surface area contributed by atoms with Crippen molar-refractivity contribution in [3.63, 3.8) is 0 Å². The maximum absolute atomic E-state index is 13.2. The lowest BCUT2D eigenvalue weighted by atomic mass is 10.1. The monoisotopic (exact) mass is 440 g/mol. The standard InChI is InChI=1S/C19H19F3N4O3S/c1-18(2)11-24-16(25-18)12-9-15-17(23-10-12)29-8-7-26(15)30(27,28)14-5-3-13(4-6-14)19(20,21)22/h3-6,9-10H,7-8,11H2,1-2H3,(H,24,25). The second-order valence-corrected chi connectivity index (χ2v) is 9.53. The molecule has 0 aliphatic carbocycles. The third-order valence-corrected chi connectivity index (χ3v) is 6.59. The second-order valence-electron chi connectivity index (χ2n) is 7.67. The highest BCUT2D eigenvalue weighted by Gasteiger charge is 2.34. The maximum atomic E-state index is 13.2. The van der Waals surface area contributed by atoms with E-state index in [-0.39, 0.29) is 35.2 Å². The van der Waals surface area contributed by atoms with Crippen molar-refractivity contribution in [2.24, 2.45) is 4.99 Å². The summed E-state index contributed by atoms with van der Waals surface area (Å²) < 4.78 is 71.3. The largest absolute Gasteiger partial charge is 0.474 e. The molecule has 0 unspecified atom stereocenters. The predicted octanol–water partition coefficient (Wildman–Crippen LogP) is 2.82. The summed E-state index contributed by atoms with van der Waals surface area (Å²) in [5.74, 6) is 0.728. The Morgan fingerprint density at radius 1 is 1.20 bits per heavy atom. The van der Waals surface area contributed by atoms with E-state index in [0.29, 0.717) is 17.9 Å². The number of alkyl halides is 3. The van der Waals surface area contributed by atoms with Gasteiger partial charge < -0.3 is 10.1 Å². The molecule has 0 radical (unpaired) electrons. The Labute approximate surface area is 171 Å². The maximum Gasteiger partial charge on any atom is 0.416 e. The van der Waals surface area contributed by atoms with E-state index in [2.05, 4.69) is 15.3 Å². The van der Waals surface area contributed by atoms with E-state index in [1.165, 1.54) is 0 Å². The van der Waals surface area contributed by atoms with Crippen LogP contribution >= 0.6 is 0 Å². The minimum atomic E-state index is -4.55. The summed E-state index contributed by atoms with van der Waals surface area (Å²) in [6, 6.07) is 5.02. The minimum Gasteiger partial charge on any atom is -0.474 e. The number of ether oxygens (including phenoxy) is 1. The van der Waals surface area contributed by atoms with Crippen LogP contribution in [0.25, 0.3) is 0 Å². The molecule has 2 aliphatic rings. The first-order valence-electron chi connectivity index (χ1n) is 9.13. The highest BCUT2D eigenvalue weighted by atomic mass is 32.2. The number of fused-ring (bicyclic) bond motifs is 1. The molecule has 0 spiro atoms. The SMILES string of the molecule is CC1(C)CN=C(c2cnc3c(c2)N(S(=O)(=O)c2ccc(C(F)(F)F)cc2)CCO3)N1. The van der Waals surface area contributed by atoms with Crippen molar-refractivity contribution in [3.8, 4) is 5.88 Å². The van der Waals surface area contributed by atoms with Gasteiger partial charge in [-0.05, 0) is 44.2 Å². The fourth-order valence-corrected chi connectivity index (χ4v) is 4.68. The van der Waals surface area contributed by atoms with Crippen molar-refractivity contribution in [2.75, 3.05) is 24.0 Å². The van der Waals surface area contributed by atoms with Crippen molar-refractivity contribution in [1.82, 2.24) is 10.3 Å². The molecule has 0 bridgehead atoms. The number of nitrogens with zero attached hydrogens (tertiary/aromatic N) is 3. The number of halogens is 3. The summed E-state index contributed by atoms with van der Waals surface area (Å²) in [4.78, 5) is 8.41. The van der Waals surface area contributed by atoms with Gasteiger partial charge in [-0.25, -0.2) is 13.4 Å². The lowest BCUT2D eigenvalue weighted by Crippen LogP contribution is -2.40. The van der Waals surface area contributed by atoms with Gasteiger partial charge in [-0.15, -0.1) is 0 Å². The molecule has 11 heteroatoms. The van der Waals surface area contributed by atoms with Gasteiger partial charge in [0.05, 0.1) is 29.1 Å². The first-order chi connectivity index (χ1) is 14.0. The fourth-order valence-electron chi connectivity index (χ4n) is 3.24. The van der Waals surface area contributed by atoms with Gasteiger partial charge in [0.25, 0.3) is 10.0 Å². The number of nitrogens with one attached hydrogen (secondary N) is 1. The van der Waals surface area contributed by atoms with Crippen molar-refractivity contribution in [3.05, 3.63) is 47.7 Å². The van der Waals surface area contributed by atoms with Crippen LogP contribution in [0.15, 0.2) is 46.4 Å². The molecule has 0 fully saturated rings. The first kappa shape index (κ1) is 20.5. The lowest BCUT2D eigenvalue weighted by Gasteiger charge is -2.30. The van der Waals surface area contributed by atoms with Crippen molar-refractivity contribution >= 4 is 21.5 Å². The van der Waals surface area contributed by atoms with Crippen LogP contribution in [0.5, 0.6) is 5.88 Å². The smallest absolute Gasteiger partial charge is 0.416 e. The molecule has 0 saturated heterocycles. The molecule has 160 valence electrons. The van der Waals surface area contributed by atoms with E-state index in [1.54, 1.807) is 12.3 Å². The molecule has 0 saturated carbocycles. The average molecular weight is 440 g/mol. The molecule has 0 atom stereocenters. The van der Waals surface area contributed by atoms with Gasteiger partial charge in [-0.3, -0.25) is 9.30 Å². The Bertz CT molecular complexity index is 1110. The molecule has 2 aromatic rings. The quantitative estimate of drug-likeness (QED) is 0.794. The summed E-state index contributed by atoms with van der Waals surface area (Å²) in [7, 11) is -4.12. The van der Waals surface area contributed by atoms with Crippen LogP contribution in [0.3, 0.4) is 0 Å². The Morgan fingerprint density at radius 2 is 1.90 bits per heavy atom. The number of rotatable bonds is 3. The minimum absolute atomic E-state index is 0.00683. The third kappa shape index (κ3) is 3.69. The van der Waals surface area contributed by atoms with Crippen molar-refractivity contribution in [2.45, 2.75) is 30.5 Å². The molecule has 30 heavy (non-hydrogen) atoms. The topological polar surface area (TPSA) is 83.9 Å². The number of benzene rings is 1. The molecule has 2 aliphatic heterocycles. The number of aromatic nitrogens is 1. The molecular weight excluding hydrogens is 421 g/mol. The van der Waals surface area contributed by atoms with Crippen molar-refractivity contribution in [1.29, 1.82) is 0 Å². The summed E-state index contributed by atoms with van der Waals surface area (Å²) in [5.41, 5.74) is -0.334. The number of anilines is 1. The highest BCUT2D eigenvalue weighted by Crippen LogP contribution is 2.36. The lowest BCUT2D eigenvalue weighted by molar-refractivity contribution is -0.137. The Kier molecular flexibility index (Phi) is 4.68.